The molecule has 1 N–H and O–H groups in total. The van der Waals surface area contributed by atoms with Crippen LogP contribution in [0.15, 0.2) is 28.5 Å². The number of halogens is 2. The van der Waals surface area contributed by atoms with Crippen LogP contribution in [0.3, 0.4) is 0 Å². The first kappa shape index (κ1) is 16.5. The molecule has 0 radical (unpaired) electrons. The van der Waals surface area contributed by atoms with Gasteiger partial charge in [0, 0.05) is 44.2 Å². The second-order valence-electron chi connectivity index (χ2n) is 5.44. The van der Waals surface area contributed by atoms with Crippen LogP contribution in [0.4, 0.5) is 8.78 Å². The molecule has 1 fully saturated rings. The molecule has 0 aromatic rings. The molecule has 0 bridgehead atoms. The van der Waals surface area contributed by atoms with Gasteiger partial charge in [-0.05, 0) is 26.3 Å². The monoisotopic (exact) mass is 312 g/mol. The van der Waals surface area contributed by atoms with E-state index in [0.717, 1.165) is 23.7 Å². The van der Waals surface area contributed by atoms with Crippen LogP contribution >= 0.6 is 0 Å². The van der Waals surface area contributed by atoms with Crippen LogP contribution in [0.1, 0.15) is 20.3 Å². The summed E-state index contributed by atoms with van der Waals surface area (Å²) in [5.74, 6) is -0.270. The Kier molecular flexibility index (Phi) is 5.15. The largest absolute Gasteiger partial charge is 0.372 e. The van der Waals surface area contributed by atoms with Crippen LogP contribution < -0.4 is 5.32 Å². The lowest BCUT2D eigenvalue weighted by molar-refractivity contribution is -0.143. The number of amides is 1. The summed E-state index contributed by atoms with van der Waals surface area (Å²) in [6, 6.07) is -0.179. The van der Waals surface area contributed by atoms with Crippen LogP contribution in [-0.2, 0) is 4.79 Å². The van der Waals surface area contributed by atoms with E-state index < -0.39 is 12.3 Å². The highest BCUT2D eigenvalue weighted by molar-refractivity contribution is 6.04. The number of likely N-dealkylation sites (N-methyl/N-ethyl adjacent to an activating group) is 1. The molecule has 2 aliphatic rings. The third-order valence-electron chi connectivity index (χ3n) is 4.15. The highest BCUT2D eigenvalue weighted by atomic mass is 19.3. The minimum absolute atomic E-state index is 0.179. The fourth-order valence-corrected chi connectivity index (χ4v) is 2.81. The zero-order valence-corrected chi connectivity index (χ0v) is 13.1. The van der Waals surface area contributed by atoms with E-state index in [0.29, 0.717) is 19.5 Å². The van der Waals surface area contributed by atoms with Gasteiger partial charge >= 0.3 is 6.43 Å². The summed E-state index contributed by atoms with van der Waals surface area (Å²) in [7, 11) is 1.45. The fourth-order valence-electron chi connectivity index (χ4n) is 2.81. The van der Waals surface area contributed by atoms with Gasteiger partial charge < -0.3 is 15.1 Å². The molecule has 2 heterocycles. The lowest BCUT2D eigenvalue weighted by Crippen LogP contribution is -2.41. The van der Waals surface area contributed by atoms with E-state index in [4.69, 9.17) is 0 Å². The number of carbonyl (C=O) groups excluding carboxylic acids is 1. The number of allylic oxidation sites excluding steroid dienone is 1. The Hall–Kier alpha value is -1.92. The van der Waals surface area contributed by atoms with E-state index in [9.17, 15) is 13.6 Å². The molecule has 0 aromatic heterocycles. The molecule has 1 amide bonds. The van der Waals surface area contributed by atoms with E-state index >= 15 is 0 Å². The van der Waals surface area contributed by atoms with Gasteiger partial charge in [0.15, 0.2) is 0 Å². The van der Waals surface area contributed by atoms with Gasteiger partial charge in [0.25, 0.3) is 5.91 Å². The lowest BCUT2D eigenvalue weighted by atomic mass is 10.2. The third-order valence-corrected chi connectivity index (χ3v) is 4.15. The van der Waals surface area contributed by atoms with Crippen LogP contribution in [0, 0.1) is 0 Å². The maximum absolute atomic E-state index is 12.5. The lowest BCUT2D eigenvalue weighted by Gasteiger charge is -2.26. The Bertz CT molecular complexity index is 528. The van der Waals surface area contributed by atoms with E-state index in [-0.39, 0.29) is 6.04 Å². The van der Waals surface area contributed by atoms with Crippen molar-refractivity contribution in [2.75, 3.05) is 26.7 Å². The molecule has 7 heteroatoms. The highest BCUT2D eigenvalue weighted by Gasteiger charge is 2.32. The first-order valence-electron chi connectivity index (χ1n) is 7.44. The molecule has 2 aliphatic heterocycles. The van der Waals surface area contributed by atoms with Crippen molar-refractivity contribution in [3.63, 3.8) is 0 Å². The first-order valence-corrected chi connectivity index (χ1v) is 7.44. The topological polar surface area (TPSA) is 47.9 Å². The van der Waals surface area contributed by atoms with Crippen molar-refractivity contribution in [2.24, 2.45) is 4.99 Å². The number of amidine groups is 1. The SMILES string of the molecule is CCN=C1NC=C/C1=C(/C)N1CCC(N(C)C(=O)C(F)F)C1. The predicted octanol–water partition coefficient (Wildman–Crippen LogP) is 1.59. The number of hydrogen-bond acceptors (Lipinski definition) is 3. The maximum Gasteiger partial charge on any atom is 0.315 e. The van der Waals surface area contributed by atoms with Gasteiger partial charge in [-0.15, -0.1) is 0 Å². The van der Waals surface area contributed by atoms with Crippen molar-refractivity contribution in [3.05, 3.63) is 23.5 Å². The van der Waals surface area contributed by atoms with Gasteiger partial charge in [-0.3, -0.25) is 9.79 Å². The number of hydrogen-bond donors (Lipinski definition) is 1. The van der Waals surface area contributed by atoms with Crippen LogP contribution in [-0.4, -0.2) is 60.7 Å². The fraction of sp³-hybridized carbons (Fsp3) is 0.600. The first-order chi connectivity index (χ1) is 10.5. The molecule has 0 aromatic carbocycles. The van der Waals surface area contributed by atoms with Crippen molar-refractivity contribution in [1.82, 2.24) is 15.1 Å². The summed E-state index contributed by atoms with van der Waals surface area (Å²) in [5, 5.41) is 3.10. The Morgan fingerprint density at radius 1 is 1.59 bits per heavy atom. The Morgan fingerprint density at radius 2 is 2.32 bits per heavy atom. The van der Waals surface area contributed by atoms with Crippen molar-refractivity contribution in [2.45, 2.75) is 32.7 Å². The number of carbonyl (C=O) groups is 1. The molecular formula is C15H22F2N4O. The van der Waals surface area contributed by atoms with Gasteiger partial charge in [0.05, 0.1) is 6.04 Å². The standard InChI is InChI=1S/C15H22F2N4O/c1-4-18-14-12(5-7-19-14)10(2)21-8-6-11(9-21)20(3)15(22)13(16)17/h5,7,11,13H,4,6,8-9H2,1-3H3,(H,18,19)/b12-10+. The number of rotatable bonds is 4. The van der Waals surface area contributed by atoms with Crippen molar-refractivity contribution < 1.29 is 13.6 Å². The number of likely N-dealkylation sites (tertiary alicyclic amines) is 1. The third kappa shape index (κ3) is 3.28. The van der Waals surface area contributed by atoms with Crippen molar-refractivity contribution in [1.29, 1.82) is 0 Å². The Morgan fingerprint density at radius 3 is 2.95 bits per heavy atom. The number of nitrogens with one attached hydrogen (secondary N) is 1. The van der Waals surface area contributed by atoms with E-state index in [1.54, 1.807) is 0 Å². The maximum atomic E-state index is 12.5. The highest BCUT2D eigenvalue weighted by Crippen LogP contribution is 2.23. The number of aliphatic imine (C=N–C) groups is 1. The predicted molar refractivity (Wildman–Crippen MR) is 81.7 cm³/mol. The summed E-state index contributed by atoms with van der Waals surface area (Å²) in [6.45, 7) is 5.96. The number of alkyl halides is 2. The minimum Gasteiger partial charge on any atom is -0.372 e. The molecule has 122 valence electrons. The van der Waals surface area contributed by atoms with Crippen molar-refractivity contribution in [3.8, 4) is 0 Å². The molecule has 5 nitrogen and oxygen atoms in total. The molecule has 0 spiro atoms. The molecule has 1 unspecified atom stereocenters. The summed E-state index contributed by atoms with van der Waals surface area (Å²) >= 11 is 0. The zero-order chi connectivity index (χ0) is 16.3. The van der Waals surface area contributed by atoms with Gasteiger partial charge in [0.1, 0.15) is 5.84 Å². The summed E-state index contributed by atoms with van der Waals surface area (Å²) in [5.41, 5.74) is 2.07. The second kappa shape index (κ2) is 6.89. The van der Waals surface area contributed by atoms with Crippen molar-refractivity contribution >= 4 is 11.7 Å². The second-order valence-corrected chi connectivity index (χ2v) is 5.44. The Balaban J connectivity index is 2.08. The van der Waals surface area contributed by atoms with E-state index in [1.807, 2.05) is 26.1 Å². The summed E-state index contributed by atoms with van der Waals surface area (Å²) in [4.78, 5) is 19.1. The van der Waals surface area contributed by atoms with Crippen LogP contribution in [0.2, 0.25) is 0 Å². The average molecular weight is 312 g/mol. The molecule has 1 saturated heterocycles. The zero-order valence-electron chi connectivity index (χ0n) is 13.1. The molecule has 22 heavy (non-hydrogen) atoms. The quantitative estimate of drug-likeness (QED) is 0.858. The van der Waals surface area contributed by atoms with Gasteiger partial charge in [-0.2, -0.15) is 8.78 Å². The minimum atomic E-state index is -2.94. The molecule has 0 aliphatic carbocycles. The Labute approximate surface area is 129 Å². The molecular weight excluding hydrogens is 290 g/mol. The van der Waals surface area contributed by atoms with Crippen LogP contribution in [0.25, 0.3) is 0 Å². The van der Waals surface area contributed by atoms with Crippen LogP contribution in [0.5, 0.6) is 0 Å². The number of nitrogens with zero attached hydrogens (tertiary/aromatic N) is 3. The van der Waals surface area contributed by atoms with E-state index in [2.05, 4.69) is 15.2 Å². The average Bonchev–Trinajstić information content (AvgIpc) is 3.14. The smallest absolute Gasteiger partial charge is 0.315 e. The molecule has 0 saturated carbocycles. The molecule has 2 rings (SSSR count). The van der Waals surface area contributed by atoms with Gasteiger partial charge in [-0.1, -0.05) is 0 Å². The molecule has 1 atom stereocenters. The summed E-state index contributed by atoms with van der Waals surface area (Å²) in [6.07, 6.45) is 1.55. The summed E-state index contributed by atoms with van der Waals surface area (Å²) < 4.78 is 25.0. The van der Waals surface area contributed by atoms with Gasteiger partial charge in [-0.25, -0.2) is 0 Å². The van der Waals surface area contributed by atoms with Gasteiger partial charge in [0.2, 0.25) is 0 Å². The van der Waals surface area contributed by atoms with E-state index in [1.165, 1.54) is 11.9 Å². The normalized spacial score (nSPS) is 25.1.